The fourth-order valence-corrected chi connectivity index (χ4v) is 16.0. The molecule has 2 atom stereocenters. The third kappa shape index (κ3) is 4.18. The molecule has 0 aromatic carbocycles. The third-order valence-electron chi connectivity index (χ3n) is 5.32. The molecule has 1 heterocycles. The van der Waals surface area contributed by atoms with Gasteiger partial charge in [0.1, 0.15) is 17.9 Å². The molecule has 4 heteroatoms. The highest BCUT2D eigenvalue weighted by atomic mass is 28.4. The number of hydrogen-bond donors (Lipinski definition) is 0. The highest BCUT2D eigenvalue weighted by Gasteiger charge is 2.43. The van der Waals surface area contributed by atoms with Crippen molar-refractivity contribution in [2.75, 3.05) is 0 Å². The van der Waals surface area contributed by atoms with Gasteiger partial charge in [-0.3, -0.25) is 0 Å². The van der Waals surface area contributed by atoms with Crippen molar-refractivity contribution in [3.05, 3.63) is 0 Å². The summed E-state index contributed by atoms with van der Waals surface area (Å²) in [5.41, 5.74) is 3.29. The zero-order valence-electron chi connectivity index (χ0n) is 15.2. The molecular weight excluding hydrogens is 276 g/mol. The van der Waals surface area contributed by atoms with Crippen LogP contribution in [0.2, 0.25) is 11.3 Å². The summed E-state index contributed by atoms with van der Waals surface area (Å²) in [5.74, 6) is 0. The molecule has 0 amide bonds. The predicted molar refractivity (Wildman–Crippen MR) is 97.4 cm³/mol. The van der Waals surface area contributed by atoms with E-state index in [0.717, 1.165) is 24.2 Å². The molecule has 1 fully saturated rings. The van der Waals surface area contributed by atoms with Crippen molar-refractivity contribution >= 4 is 17.9 Å². The van der Waals surface area contributed by atoms with Gasteiger partial charge in [0.2, 0.25) is 0 Å². The second kappa shape index (κ2) is 8.11. The summed E-state index contributed by atoms with van der Waals surface area (Å²) in [6, 6.07) is 3.12. The molecule has 0 spiro atoms. The van der Waals surface area contributed by atoms with Crippen LogP contribution in [0.15, 0.2) is 0 Å². The number of rotatable bonds is 8. The van der Waals surface area contributed by atoms with Crippen LogP contribution >= 0.6 is 0 Å². The van der Waals surface area contributed by atoms with E-state index in [-0.39, 0.29) is 0 Å². The van der Waals surface area contributed by atoms with E-state index < -0.39 is 17.9 Å². The summed E-state index contributed by atoms with van der Waals surface area (Å²) in [5, 5.41) is 0. The van der Waals surface area contributed by atoms with Crippen LogP contribution in [0.1, 0.15) is 68.2 Å². The third-order valence-corrected chi connectivity index (χ3v) is 17.9. The van der Waals surface area contributed by atoms with Gasteiger partial charge in [-0.25, -0.2) is 0 Å². The van der Waals surface area contributed by atoms with Crippen LogP contribution < -0.4 is 0 Å². The first-order valence-corrected chi connectivity index (χ1v) is 13.2. The average Bonchev–Trinajstić information content (AvgIpc) is 2.34. The lowest BCUT2D eigenvalue weighted by molar-refractivity contribution is 0.264. The highest BCUT2D eigenvalue weighted by molar-refractivity contribution is 6.92. The standard InChI is InChI=1S/C16H38N2Si2/c1-9-15(7)17(13(3)4)19-11-20(12-19)18(14(5)6)16(8)10-2/h13-16,19-20H,9-12H2,1-8H3. The summed E-state index contributed by atoms with van der Waals surface area (Å²) in [7, 11) is -1.21. The predicted octanol–water partition coefficient (Wildman–Crippen LogP) is 3.54. The van der Waals surface area contributed by atoms with Gasteiger partial charge in [0.15, 0.2) is 0 Å². The number of hydrogen-bond acceptors (Lipinski definition) is 2. The molecule has 120 valence electrons. The van der Waals surface area contributed by atoms with E-state index in [0.29, 0.717) is 0 Å². The van der Waals surface area contributed by atoms with Crippen LogP contribution in [-0.4, -0.2) is 51.2 Å². The molecule has 0 saturated carbocycles. The Kier molecular flexibility index (Phi) is 7.46. The minimum atomic E-state index is -0.603. The van der Waals surface area contributed by atoms with Crippen LogP contribution in [0, 0.1) is 0 Å². The Hall–Kier alpha value is 0.354. The van der Waals surface area contributed by atoms with Gasteiger partial charge >= 0.3 is 0 Å². The molecule has 2 nitrogen and oxygen atoms in total. The zero-order chi connectivity index (χ0) is 15.4. The van der Waals surface area contributed by atoms with Crippen LogP contribution in [0.4, 0.5) is 0 Å². The quantitative estimate of drug-likeness (QED) is 0.632. The fraction of sp³-hybridized carbons (Fsp3) is 1.00. The Morgan fingerprint density at radius 1 is 0.700 bits per heavy atom. The topological polar surface area (TPSA) is 6.48 Å². The molecule has 0 aromatic heterocycles. The van der Waals surface area contributed by atoms with Crippen molar-refractivity contribution in [2.45, 2.75) is 104 Å². The van der Waals surface area contributed by atoms with E-state index in [2.05, 4.69) is 64.5 Å². The van der Waals surface area contributed by atoms with Gasteiger partial charge in [-0.05, 0) is 48.3 Å². The second-order valence-corrected chi connectivity index (χ2v) is 15.0. The van der Waals surface area contributed by atoms with Crippen molar-refractivity contribution in [1.29, 1.82) is 0 Å². The Bertz CT molecular complexity index is 252. The van der Waals surface area contributed by atoms with E-state index in [1.165, 1.54) is 12.8 Å². The van der Waals surface area contributed by atoms with Crippen LogP contribution in [0.5, 0.6) is 0 Å². The van der Waals surface area contributed by atoms with Crippen molar-refractivity contribution in [3.63, 3.8) is 0 Å². The molecule has 0 radical (unpaired) electrons. The fourth-order valence-electron chi connectivity index (χ4n) is 4.05. The Morgan fingerprint density at radius 2 is 1.00 bits per heavy atom. The first-order valence-electron chi connectivity index (χ1n) is 8.88. The molecule has 1 saturated heterocycles. The van der Waals surface area contributed by atoms with Gasteiger partial charge in [0.25, 0.3) is 0 Å². The van der Waals surface area contributed by atoms with E-state index in [9.17, 15) is 0 Å². The maximum atomic E-state index is 2.93. The zero-order valence-corrected chi connectivity index (χ0v) is 17.5. The molecule has 2 unspecified atom stereocenters. The lowest BCUT2D eigenvalue weighted by Crippen LogP contribution is -2.65. The summed E-state index contributed by atoms with van der Waals surface area (Å²) < 4.78 is 5.86. The summed E-state index contributed by atoms with van der Waals surface area (Å²) in [4.78, 5) is 0. The van der Waals surface area contributed by atoms with Crippen LogP contribution in [-0.2, 0) is 0 Å². The average molecular weight is 315 g/mol. The summed E-state index contributed by atoms with van der Waals surface area (Å²) in [6.45, 7) is 19.2. The van der Waals surface area contributed by atoms with Crippen molar-refractivity contribution in [2.24, 2.45) is 0 Å². The molecular formula is C16H38N2Si2. The first kappa shape index (κ1) is 18.4. The molecule has 20 heavy (non-hydrogen) atoms. The largest absolute Gasteiger partial charge is 0.322 e. The van der Waals surface area contributed by atoms with Crippen molar-refractivity contribution in [3.8, 4) is 0 Å². The van der Waals surface area contributed by atoms with Crippen LogP contribution in [0.25, 0.3) is 0 Å². The second-order valence-electron chi connectivity index (χ2n) is 7.38. The van der Waals surface area contributed by atoms with Gasteiger partial charge in [0.05, 0.1) is 0 Å². The smallest absolute Gasteiger partial charge is 0.109 e. The van der Waals surface area contributed by atoms with Gasteiger partial charge in [-0.2, -0.15) is 0 Å². The van der Waals surface area contributed by atoms with Crippen molar-refractivity contribution < 1.29 is 0 Å². The Morgan fingerprint density at radius 3 is 1.20 bits per heavy atom. The molecule has 1 rings (SSSR count). The number of nitrogens with zero attached hydrogens (tertiary/aromatic N) is 2. The lowest BCUT2D eigenvalue weighted by Gasteiger charge is -2.51. The monoisotopic (exact) mass is 314 g/mol. The Labute approximate surface area is 131 Å². The maximum absolute atomic E-state index is 2.93. The molecule has 0 bridgehead atoms. The lowest BCUT2D eigenvalue weighted by atomic mass is 10.2. The van der Waals surface area contributed by atoms with E-state index in [4.69, 9.17) is 0 Å². The first-order chi connectivity index (χ1) is 9.33. The van der Waals surface area contributed by atoms with E-state index in [1.54, 1.807) is 11.3 Å². The minimum absolute atomic E-state index is 0.603. The summed E-state index contributed by atoms with van der Waals surface area (Å²) >= 11 is 0. The molecule has 1 aliphatic rings. The van der Waals surface area contributed by atoms with Gasteiger partial charge < -0.3 is 9.13 Å². The maximum Gasteiger partial charge on any atom is 0.109 e. The van der Waals surface area contributed by atoms with E-state index >= 15 is 0 Å². The highest BCUT2D eigenvalue weighted by Crippen LogP contribution is 2.31. The molecule has 0 aliphatic carbocycles. The SMILES string of the molecule is CCC(C)N(C(C)C)[SiH]1C[SiH](N(C(C)C)C(C)CC)C1. The van der Waals surface area contributed by atoms with Gasteiger partial charge in [-0.15, -0.1) is 0 Å². The molecule has 0 N–H and O–H groups in total. The van der Waals surface area contributed by atoms with Gasteiger partial charge in [-0.1, -0.05) is 55.4 Å². The molecule has 0 aromatic rings. The normalized spacial score (nSPS) is 26.4. The Balaban J connectivity index is 2.62. The van der Waals surface area contributed by atoms with Gasteiger partial charge in [0, 0.05) is 0 Å². The van der Waals surface area contributed by atoms with E-state index in [1.807, 2.05) is 0 Å². The van der Waals surface area contributed by atoms with Crippen molar-refractivity contribution in [1.82, 2.24) is 9.13 Å². The summed E-state index contributed by atoms with van der Waals surface area (Å²) in [6.07, 6.45) is 2.63. The molecule has 1 aliphatic heterocycles. The van der Waals surface area contributed by atoms with Crippen LogP contribution in [0.3, 0.4) is 0 Å². The minimum Gasteiger partial charge on any atom is -0.322 e.